The highest BCUT2D eigenvalue weighted by molar-refractivity contribution is 5.95. The Labute approximate surface area is 196 Å². The summed E-state index contributed by atoms with van der Waals surface area (Å²) in [5, 5.41) is 0. The van der Waals surface area contributed by atoms with Gasteiger partial charge in [-0.25, -0.2) is 0 Å². The molecule has 0 unspecified atom stereocenters. The largest absolute Gasteiger partial charge is 0.367 e. The molecule has 5 heteroatoms. The molecular formula is C28H31N3O2. The molecule has 5 nitrogen and oxygen atoms in total. The van der Waals surface area contributed by atoms with Crippen molar-refractivity contribution >= 4 is 17.5 Å². The third-order valence-corrected chi connectivity index (χ3v) is 6.26. The smallest absolute Gasteiger partial charge is 0.254 e. The Bertz CT molecular complexity index is 1120. The lowest BCUT2D eigenvalue weighted by atomic mass is 9.99. The first-order valence-corrected chi connectivity index (χ1v) is 11.5. The number of carbonyl (C=O) groups is 2. The van der Waals surface area contributed by atoms with E-state index in [9.17, 15) is 9.59 Å². The van der Waals surface area contributed by atoms with E-state index in [1.54, 1.807) is 19.0 Å². The van der Waals surface area contributed by atoms with Crippen LogP contribution in [0.1, 0.15) is 44.3 Å². The van der Waals surface area contributed by atoms with Crippen LogP contribution >= 0.6 is 0 Å². The van der Waals surface area contributed by atoms with Crippen LogP contribution in [0, 0.1) is 0 Å². The van der Waals surface area contributed by atoms with Crippen molar-refractivity contribution in [3.63, 3.8) is 0 Å². The number of amides is 2. The first-order chi connectivity index (χ1) is 16.0. The van der Waals surface area contributed by atoms with Crippen LogP contribution in [-0.2, 0) is 19.5 Å². The van der Waals surface area contributed by atoms with E-state index < -0.39 is 0 Å². The maximum Gasteiger partial charge on any atom is 0.254 e. The maximum atomic E-state index is 13.1. The highest BCUT2D eigenvalue weighted by Gasteiger charge is 2.18. The molecule has 1 heterocycles. The molecule has 4 rings (SSSR count). The number of hydrogen-bond donors (Lipinski definition) is 0. The van der Waals surface area contributed by atoms with E-state index in [4.69, 9.17) is 0 Å². The summed E-state index contributed by atoms with van der Waals surface area (Å²) < 4.78 is 0. The van der Waals surface area contributed by atoms with Crippen molar-refractivity contribution in [3.05, 3.63) is 101 Å². The first kappa shape index (κ1) is 22.6. The molecule has 1 aliphatic heterocycles. The number of hydrogen-bond acceptors (Lipinski definition) is 3. The predicted octanol–water partition coefficient (Wildman–Crippen LogP) is 4.61. The summed E-state index contributed by atoms with van der Waals surface area (Å²) >= 11 is 0. The molecule has 0 bridgehead atoms. The molecule has 0 fully saturated rings. The van der Waals surface area contributed by atoms with E-state index >= 15 is 0 Å². The van der Waals surface area contributed by atoms with Crippen LogP contribution in [-0.4, -0.2) is 48.8 Å². The van der Waals surface area contributed by atoms with E-state index in [0.717, 1.165) is 30.8 Å². The van der Waals surface area contributed by atoms with Crippen molar-refractivity contribution in [1.82, 2.24) is 9.80 Å². The maximum absolute atomic E-state index is 13.1. The molecule has 0 N–H and O–H groups in total. The van der Waals surface area contributed by atoms with Crippen LogP contribution < -0.4 is 4.90 Å². The lowest BCUT2D eigenvalue weighted by molar-refractivity contribution is 0.0751. The third-order valence-electron chi connectivity index (χ3n) is 6.26. The summed E-state index contributed by atoms with van der Waals surface area (Å²) in [6, 6.07) is 24.1. The molecule has 3 aromatic carbocycles. The van der Waals surface area contributed by atoms with E-state index in [-0.39, 0.29) is 11.8 Å². The van der Waals surface area contributed by atoms with Crippen molar-refractivity contribution in [1.29, 1.82) is 0 Å². The van der Waals surface area contributed by atoms with Crippen molar-refractivity contribution in [2.45, 2.75) is 26.4 Å². The minimum atomic E-state index is -0.0257. The van der Waals surface area contributed by atoms with Gasteiger partial charge in [-0.05, 0) is 66.4 Å². The van der Waals surface area contributed by atoms with Crippen molar-refractivity contribution < 1.29 is 9.59 Å². The summed E-state index contributed by atoms with van der Waals surface area (Å²) in [5.74, 6) is -0.0104. The zero-order valence-corrected chi connectivity index (χ0v) is 19.6. The number of fused-ring (bicyclic) bond motifs is 1. The third kappa shape index (κ3) is 5.08. The van der Waals surface area contributed by atoms with Crippen LogP contribution in [0.2, 0.25) is 0 Å². The molecule has 2 amide bonds. The quantitative estimate of drug-likeness (QED) is 0.561. The molecule has 170 valence electrons. The second kappa shape index (κ2) is 9.90. The van der Waals surface area contributed by atoms with Crippen molar-refractivity contribution in [2.75, 3.05) is 32.1 Å². The van der Waals surface area contributed by atoms with Gasteiger partial charge in [0.15, 0.2) is 0 Å². The molecule has 1 aliphatic rings. The Morgan fingerprint density at radius 2 is 1.42 bits per heavy atom. The predicted molar refractivity (Wildman–Crippen MR) is 133 cm³/mol. The van der Waals surface area contributed by atoms with Crippen LogP contribution in [0.3, 0.4) is 0 Å². The number of rotatable bonds is 6. The fourth-order valence-electron chi connectivity index (χ4n) is 4.27. The summed E-state index contributed by atoms with van der Waals surface area (Å²) in [5.41, 5.74) is 6.29. The van der Waals surface area contributed by atoms with Gasteiger partial charge in [-0.3, -0.25) is 9.59 Å². The van der Waals surface area contributed by atoms with E-state index in [1.165, 1.54) is 11.1 Å². The summed E-state index contributed by atoms with van der Waals surface area (Å²) in [4.78, 5) is 31.0. The van der Waals surface area contributed by atoms with Gasteiger partial charge in [0.05, 0.1) is 0 Å². The van der Waals surface area contributed by atoms with Gasteiger partial charge >= 0.3 is 0 Å². The molecule has 0 saturated heterocycles. The number of carbonyl (C=O) groups excluding carboxylic acids is 2. The van der Waals surface area contributed by atoms with Crippen LogP contribution in [0.15, 0.2) is 72.8 Å². The SMILES string of the molecule is CCN(Cc1ccc(C(=O)N(C)C)cc1)C(=O)c1ccc(N2CCc3ccccc3C2)cc1. The highest BCUT2D eigenvalue weighted by atomic mass is 16.2. The van der Waals surface area contributed by atoms with Crippen LogP contribution in [0.5, 0.6) is 0 Å². The lowest BCUT2D eigenvalue weighted by Crippen LogP contribution is -2.31. The summed E-state index contributed by atoms with van der Waals surface area (Å²) in [7, 11) is 3.48. The Kier molecular flexibility index (Phi) is 6.78. The Morgan fingerprint density at radius 1 is 0.818 bits per heavy atom. The summed E-state index contributed by atoms with van der Waals surface area (Å²) in [6.45, 7) is 4.99. The van der Waals surface area contributed by atoms with E-state index in [0.29, 0.717) is 24.2 Å². The molecule has 0 saturated carbocycles. The summed E-state index contributed by atoms with van der Waals surface area (Å²) in [6.07, 6.45) is 1.04. The van der Waals surface area contributed by atoms with E-state index in [1.807, 2.05) is 48.2 Å². The number of nitrogens with zero attached hydrogens (tertiary/aromatic N) is 3. The minimum absolute atomic E-state index is 0.0153. The number of anilines is 1. The average molecular weight is 442 g/mol. The highest BCUT2D eigenvalue weighted by Crippen LogP contribution is 2.25. The standard InChI is InChI=1S/C28H31N3O2/c1-4-30(19-21-9-11-23(12-10-21)27(32)29(2)3)28(33)24-13-15-26(16-14-24)31-18-17-22-7-5-6-8-25(22)20-31/h5-16H,4,17-20H2,1-3H3. The fourth-order valence-corrected chi connectivity index (χ4v) is 4.27. The molecule has 0 atom stereocenters. The van der Waals surface area contributed by atoms with Crippen molar-refractivity contribution in [2.24, 2.45) is 0 Å². The molecule has 0 aliphatic carbocycles. The van der Waals surface area contributed by atoms with Gasteiger partial charge < -0.3 is 14.7 Å². The fraction of sp³-hybridized carbons (Fsp3) is 0.286. The Hall–Kier alpha value is -3.60. The van der Waals surface area contributed by atoms with Gasteiger partial charge in [-0.2, -0.15) is 0 Å². The molecular weight excluding hydrogens is 410 g/mol. The lowest BCUT2D eigenvalue weighted by Gasteiger charge is -2.31. The molecule has 3 aromatic rings. The second-order valence-corrected chi connectivity index (χ2v) is 8.70. The van der Waals surface area contributed by atoms with Gasteiger partial charge in [0, 0.05) is 57.1 Å². The molecule has 0 radical (unpaired) electrons. The van der Waals surface area contributed by atoms with Gasteiger partial charge in [-0.15, -0.1) is 0 Å². The zero-order valence-electron chi connectivity index (χ0n) is 19.6. The molecule has 0 aromatic heterocycles. The topological polar surface area (TPSA) is 43.9 Å². The first-order valence-electron chi connectivity index (χ1n) is 11.5. The van der Waals surface area contributed by atoms with E-state index in [2.05, 4.69) is 41.3 Å². The van der Waals surface area contributed by atoms with Crippen LogP contribution in [0.25, 0.3) is 0 Å². The van der Waals surface area contributed by atoms with Crippen molar-refractivity contribution in [3.8, 4) is 0 Å². The monoisotopic (exact) mass is 441 g/mol. The Balaban J connectivity index is 1.42. The minimum Gasteiger partial charge on any atom is -0.367 e. The average Bonchev–Trinajstić information content (AvgIpc) is 2.86. The zero-order chi connectivity index (χ0) is 23.4. The van der Waals surface area contributed by atoms with Gasteiger partial charge in [0.25, 0.3) is 11.8 Å². The molecule has 33 heavy (non-hydrogen) atoms. The molecule has 0 spiro atoms. The van der Waals surface area contributed by atoms with Gasteiger partial charge in [0.1, 0.15) is 0 Å². The van der Waals surface area contributed by atoms with Gasteiger partial charge in [0.2, 0.25) is 0 Å². The normalized spacial score (nSPS) is 12.8. The van der Waals surface area contributed by atoms with Gasteiger partial charge in [-0.1, -0.05) is 36.4 Å². The number of benzene rings is 3. The van der Waals surface area contributed by atoms with Crippen LogP contribution in [0.4, 0.5) is 5.69 Å². The second-order valence-electron chi connectivity index (χ2n) is 8.70. The Morgan fingerprint density at radius 3 is 2.06 bits per heavy atom.